The molecule has 0 amide bonds. The predicted molar refractivity (Wildman–Crippen MR) is 79.3 cm³/mol. The quantitative estimate of drug-likeness (QED) is 0.932. The third kappa shape index (κ3) is 1.98. The van der Waals surface area contributed by atoms with E-state index in [1.807, 2.05) is 0 Å². The van der Waals surface area contributed by atoms with Crippen molar-refractivity contribution in [2.75, 3.05) is 24.6 Å². The fourth-order valence-electron chi connectivity index (χ4n) is 3.89. The van der Waals surface area contributed by atoms with E-state index in [2.05, 4.69) is 9.97 Å². The first-order chi connectivity index (χ1) is 11.3. The molecule has 1 saturated heterocycles. The van der Waals surface area contributed by atoms with E-state index in [0.29, 0.717) is 17.3 Å². The molecule has 2 aromatic rings. The molecule has 2 aromatic heterocycles. The van der Waals surface area contributed by atoms with Gasteiger partial charge in [0.05, 0.1) is 30.2 Å². The molecule has 4 rings (SSSR count). The Balaban J connectivity index is 1.69. The summed E-state index contributed by atoms with van der Waals surface area (Å²) in [7, 11) is 0. The number of nitrogens with zero attached hydrogens (tertiary/aromatic N) is 3. The highest BCUT2D eigenvalue weighted by Gasteiger charge is 2.83. The lowest BCUT2D eigenvalue weighted by Crippen LogP contribution is -2.34. The van der Waals surface area contributed by atoms with Crippen LogP contribution in [0.5, 0.6) is 0 Å². The fourth-order valence-corrected chi connectivity index (χ4v) is 3.89. The molecule has 0 radical (unpaired) electrons. The Morgan fingerprint density at radius 1 is 1.33 bits per heavy atom. The minimum atomic E-state index is -4.33. The van der Waals surface area contributed by atoms with Gasteiger partial charge in [-0.1, -0.05) is 0 Å². The van der Waals surface area contributed by atoms with E-state index in [1.165, 1.54) is 12.5 Å². The second-order valence-electron chi connectivity index (χ2n) is 6.72. The van der Waals surface area contributed by atoms with E-state index < -0.39 is 23.6 Å². The van der Waals surface area contributed by atoms with Gasteiger partial charge in [-0.05, 0) is 19.4 Å². The maximum atomic E-state index is 13.5. The molecule has 1 saturated carbocycles. The van der Waals surface area contributed by atoms with Gasteiger partial charge in [-0.3, -0.25) is 0 Å². The number of alkyl halides is 3. The van der Waals surface area contributed by atoms with Crippen molar-refractivity contribution in [1.82, 2.24) is 9.97 Å². The molecule has 1 aliphatic heterocycles. The Morgan fingerprint density at radius 2 is 2.12 bits per heavy atom. The molecule has 0 unspecified atom stereocenters. The van der Waals surface area contributed by atoms with Crippen molar-refractivity contribution in [3.05, 3.63) is 30.5 Å². The first-order valence-corrected chi connectivity index (χ1v) is 7.61. The number of rotatable bonds is 3. The van der Waals surface area contributed by atoms with Gasteiger partial charge in [-0.2, -0.15) is 13.2 Å². The highest BCUT2D eigenvalue weighted by atomic mass is 19.4. The average Bonchev–Trinajstić information content (AvgIpc) is 2.92. The van der Waals surface area contributed by atoms with Crippen molar-refractivity contribution in [2.45, 2.75) is 19.5 Å². The highest BCUT2D eigenvalue weighted by molar-refractivity contribution is 5.62. The summed E-state index contributed by atoms with van der Waals surface area (Å²) >= 11 is 0. The highest BCUT2D eigenvalue weighted by Crippen LogP contribution is 2.74. The molecule has 1 N–H and O–H groups in total. The van der Waals surface area contributed by atoms with Crippen molar-refractivity contribution in [3.63, 3.8) is 0 Å². The Bertz CT molecular complexity index is 777. The monoisotopic (exact) mass is 339 g/mol. The number of aryl methyl sites for hydroxylation is 1. The summed E-state index contributed by atoms with van der Waals surface area (Å²) in [6.45, 7) is 1.19. The lowest BCUT2D eigenvalue weighted by Gasteiger charge is -2.23. The average molecular weight is 339 g/mol. The summed E-state index contributed by atoms with van der Waals surface area (Å²) in [5.74, 6) is 0.922. The summed E-state index contributed by atoms with van der Waals surface area (Å²) in [6.07, 6.45) is -1.31. The largest absolute Gasteiger partial charge is 0.472 e. The molecular weight excluding hydrogens is 323 g/mol. The summed E-state index contributed by atoms with van der Waals surface area (Å²) < 4.78 is 45.6. The molecule has 2 atom stereocenters. The second-order valence-corrected chi connectivity index (χ2v) is 6.72. The van der Waals surface area contributed by atoms with Crippen LogP contribution in [0.3, 0.4) is 0 Å². The van der Waals surface area contributed by atoms with E-state index in [0.717, 1.165) is 5.56 Å². The maximum Gasteiger partial charge on any atom is 0.396 e. The zero-order chi connectivity index (χ0) is 17.2. The van der Waals surface area contributed by atoms with Crippen LogP contribution in [0.2, 0.25) is 0 Å². The normalized spacial score (nSPS) is 29.0. The Morgan fingerprint density at radius 3 is 2.71 bits per heavy atom. The minimum absolute atomic E-state index is 0.0187. The smallest absolute Gasteiger partial charge is 0.396 e. The van der Waals surface area contributed by atoms with Crippen molar-refractivity contribution in [1.29, 1.82) is 0 Å². The van der Waals surface area contributed by atoms with Gasteiger partial charge in [0.15, 0.2) is 0 Å². The molecule has 0 aromatic carbocycles. The van der Waals surface area contributed by atoms with Gasteiger partial charge in [0.2, 0.25) is 0 Å². The molecule has 5 nitrogen and oxygen atoms in total. The lowest BCUT2D eigenvalue weighted by atomic mass is 9.97. The summed E-state index contributed by atoms with van der Waals surface area (Å²) in [5.41, 5.74) is -1.59. The van der Waals surface area contributed by atoms with Gasteiger partial charge in [0.1, 0.15) is 11.6 Å². The first kappa shape index (κ1) is 15.4. The van der Waals surface area contributed by atoms with Gasteiger partial charge in [-0.25, -0.2) is 9.97 Å². The second kappa shape index (κ2) is 4.72. The molecule has 0 bridgehead atoms. The third-order valence-electron chi connectivity index (χ3n) is 5.30. The van der Waals surface area contributed by atoms with Crippen molar-refractivity contribution in [3.8, 4) is 11.3 Å². The van der Waals surface area contributed by atoms with Crippen LogP contribution in [0.4, 0.5) is 19.0 Å². The number of aliphatic hydroxyl groups is 1. The number of anilines is 1. The molecule has 2 fully saturated rings. The van der Waals surface area contributed by atoms with Crippen LogP contribution < -0.4 is 4.90 Å². The van der Waals surface area contributed by atoms with E-state index in [1.54, 1.807) is 24.0 Å². The number of aliphatic hydroxyl groups excluding tert-OH is 1. The molecular formula is C16H16F3N3O2. The number of furan rings is 1. The van der Waals surface area contributed by atoms with Gasteiger partial charge in [0, 0.05) is 30.1 Å². The van der Waals surface area contributed by atoms with Crippen molar-refractivity contribution >= 4 is 5.82 Å². The fraction of sp³-hybridized carbons (Fsp3) is 0.500. The zero-order valence-corrected chi connectivity index (χ0v) is 13.0. The maximum absolute atomic E-state index is 13.5. The lowest BCUT2D eigenvalue weighted by molar-refractivity contribution is -0.192. The van der Waals surface area contributed by atoms with E-state index in [-0.39, 0.29) is 19.5 Å². The topological polar surface area (TPSA) is 62.4 Å². The van der Waals surface area contributed by atoms with Crippen LogP contribution >= 0.6 is 0 Å². The van der Waals surface area contributed by atoms with Crippen LogP contribution in [0, 0.1) is 17.8 Å². The molecule has 24 heavy (non-hydrogen) atoms. The third-order valence-corrected chi connectivity index (χ3v) is 5.30. The van der Waals surface area contributed by atoms with E-state index in [4.69, 9.17) is 4.42 Å². The summed E-state index contributed by atoms with van der Waals surface area (Å²) in [4.78, 5) is 10.2. The van der Waals surface area contributed by atoms with Crippen LogP contribution in [-0.4, -0.2) is 40.9 Å². The molecule has 8 heteroatoms. The molecule has 0 spiro atoms. The van der Waals surface area contributed by atoms with E-state index >= 15 is 0 Å². The van der Waals surface area contributed by atoms with Gasteiger partial charge in [0.25, 0.3) is 0 Å². The van der Waals surface area contributed by atoms with E-state index in [9.17, 15) is 18.3 Å². The number of hydrogen-bond acceptors (Lipinski definition) is 5. The molecule has 2 aliphatic rings. The van der Waals surface area contributed by atoms with Crippen molar-refractivity contribution in [2.24, 2.45) is 10.8 Å². The number of fused-ring (bicyclic) bond motifs is 1. The summed E-state index contributed by atoms with van der Waals surface area (Å²) in [5, 5.41) is 9.55. The Labute approximate surface area is 136 Å². The number of piperidine rings is 1. The van der Waals surface area contributed by atoms with Crippen LogP contribution in [0.15, 0.2) is 29.1 Å². The predicted octanol–water partition coefficient (Wildman–Crippen LogP) is 2.80. The van der Waals surface area contributed by atoms with Gasteiger partial charge < -0.3 is 14.4 Å². The Hall–Kier alpha value is -2.09. The molecule has 1 aliphatic carbocycles. The number of aromatic nitrogens is 2. The Kier molecular flexibility index (Phi) is 3.04. The van der Waals surface area contributed by atoms with Crippen LogP contribution in [-0.2, 0) is 0 Å². The minimum Gasteiger partial charge on any atom is -0.472 e. The SMILES string of the molecule is Cc1nc(-c2ccoc2)cc(N2C[C@@]3(CO)C[C@@]3(C(F)(F)F)C2)n1. The standard InChI is InChI=1S/C16H16F3N3O2/c1-10-20-12(11-2-3-24-5-11)4-13(21-10)22-7-14(9-23)6-15(14,8-22)16(17,18)19/h2-5,23H,6-9H2,1H3/t14-,15-/m1/s1. The summed E-state index contributed by atoms with van der Waals surface area (Å²) in [6, 6.07) is 3.40. The molecule has 3 heterocycles. The van der Waals surface area contributed by atoms with Crippen molar-refractivity contribution < 1.29 is 22.7 Å². The van der Waals surface area contributed by atoms with Crippen LogP contribution in [0.1, 0.15) is 12.2 Å². The van der Waals surface area contributed by atoms with Crippen LogP contribution in [0.25, 0.3) is 11.3 Å². The molecule has 128 valence electrons. The van der Waals surface area contributed by atoms with Gasteiger partial charge in [-0.15, -0.1) is 0 Å². The zero-order valence-electron chi connectivity index (χ0n) is 13.0. The first-order valence-electron chi connectivity index (χ1n) is 7.61. The number of halogens is 3. The number of hydrogen-bond donors (Lipinski definition) is 1. The van der Waals surface area contributed by atoms with Gasteiger partial charge >= 0.3 is 6.18 Å².